The van der Waals surface area contributed by atoms with Gasteiger partial charge in [0.05, 0.1) is 0 Å². The maximum absolute atomic E-state index is 11.7. The molecule has 4 aromatic carbocycles. The van der Waals surface area contributed by atoms with Crippen molar-refractivity contribution < 1.29 is 4.79 Å². The molecule has 0 saturated heterocycles. The second-order valence-electron chi connectivity index (χ2n) is 6.39. The smallest absolute Gasteiger partial charge is 0.243 e. The highest BCUT2D eigenvalue weighted by molar-refractivity contribution is 7.55. The number of benzene rings is 4. The van der Waals surface area contributed by atoms with Crippen LogP contribution in [-0.4, -0.2) is 15.6 Å². The van der Waals surface area contributed by atoms with E-state index >= 15 is 0 Å². The van der Waals surface area contributed by atoms with Crippen molar-refractivity contribution in [3.05, 3.63) is 127 Å². The van der Waals surface area contributed by atoms with Gasteiger partial charge in [-0.15, -0.1) is 0 Å². The Labute approximate surface area is 176 Å². The van der Waals surface area contributed by atoms with E-state index in [2.05, 4.69) is 77.8 Å². The first kappa shape index (κ1) is 20.7. The zero-order valence-corrected chi connectivity index (χ0v) is 18.6. The second kappa shape index (κ2) is 11.8. The molecule has 0 atom stereocenters. The zero-order valence-electron chi connectivity index (χ0n) is 16.2. The lowest BCUT2D eigenvalue weighted by Gasteiger charge is -2.04. The number of carbonyl (C=O) groups is 1. The van der Waals surface area contributed by atoms with E-state index < -0.39 is 9.68 Å². The second-order valence-corrected chi connectivity index (χ2v) is 9.32. The van der Waals surface area contributed by atoms with Crippen molar-refractivity contribution in [3.8, 4) is 0 Å². The average molecular weight is 414 g/mol. The number of nitrogens with one attached hydrogen (secondary N) is 1. The minimum absolute atomic E-state index is 0.0242. The van der Waals surface area contributed by atoms with Crippen LogP contribution in [0.3, 0.4) is 0 Å². The first-order chi connectivity index (χ1) is 14.3. The van der Waals surface area contributed by atoms with Gasteiger partial charge in [0.25, 0.3) is 0 Å². The van der Waals surface area contributed by atoms with Gasteiger partial charge in [0.1, 0.15) is 0 Å². The summed E-state index contributed by atoms with van der Waals surface area (Å²) in [6.07, 6.45) is 0. The fourth-order valence-corrected chi connectivity index (χ4v) is 4.81. The Kier molecular flexibility index (Phi) is 8.40. The molecule has 0 unspecified atom stereocenters. The molecule has 1 amide bonds. The summed E-state index contributed by atoms with van der Waals surface area (Å²) in [7, 11) is 0.0745. The van der Waals surface area contributed by atoms with Crippen molar-refractivity contribution in [2.75, 3.05) is 0 Å². The van der Waals surface area contributed by atoms with Crippen LogP contribution in [0.15, 0.2) is 121 Å². The minimum atomic E-state index is -0.702. The van der Waals surface area contributed by atoms with Crippen LogP contribution in [0.5, 0.6) is 0 Å². The maximum Gasteiger partial charge on any atom is 0.243 e. The standard InChI is InChI=1S/C13H13NOSi.C12H11P/c15-13(11-7-3-1-4-8-11)14-16-12-9-5-2-6-10-12;1-3-7-11(8-4-1)13-12-9-5-2-6-10-12/h1-10H,16H2,(H,14,15);1-10,13H. The molecule has 0 radical (unpaired) electrons. The lowest BCUT2D eigenvalue weighted by Crippen LogP contribution is -2.35. The normalized spacial score (nSPS) is 10.2. The molecule has 0 heterocycles. The SMILES string of the molecule is O=C(N[SiH2]c1ccccc1)c1ccccc1.c1ccc(Pc2ccccc2)cc1. The van der Waals surface area contributed by atoms with Gasteiger partial charge < -0.3 is 4.98 Å². The predicted octanol–water partition coefficient (Wildman–Crippen LogP) is 3.14. The lowest BCUT2D eigenvalue weighted by atomic mass is 10.2. The van der Waals surface area contributed by atoms with E-state index in [0.717, 1.165) is 14.1 Å². The van der Waals surface area contributed by atoms with Gasteiger partial charge in [-0.3, -0.25) is 4.79 Å². The first-order valence-electron chi connectivity index (χ1n) is 9.55. The summed E-state index contributed by atoms with van der Waals surface area (Å²) in [6, 6.07) is 40.5. The van der Waals surface area contributed by atoms with Crippen molar-refractivity contribution in [3.63, 3.8) is 0 Å². The molecule has 29 heavy (non-hydrogen) atoms. The molecular formula is C25H24NOPSi. The zero-order chi connectivity index (χ0) is 20.2. The summed E-state index contributed by atoms with van der Waals surface area (Å²) in [5.74, 6) is 0.0242. The van der Waals surface area contributed by atoms with Gasteiger partial charge in [-0.1, -0.05) is 118 Å². The highest BCUT2D eigenvalue weighted by Crippen LogP contribution is 2.08. The van der Waals surface area contributed by atoms with Gasteiger partial charge in [-0.25, -0.2) is 0 Å². The van der Waals surface area contributed by atoms with E-state index in [4.69, 9.17) is 0 Å². The molecule has 144 valence electrons. The third kappa shape index (κ3) is 7.50. The molecular weight excluding hydrogens is 389 g/mol. The Morgan fingerprint density at radius 2 is 1.00 bits per heavy atom. The fourth-order valence-electron chi connectivity index (χ4n) is 2.68. The lowest BCUT2D eigenvalue weighted by molar-refractivity contribution is 0.0981. The summed E-state index contributed by atoms with van der Waals surface area (Å²) < 4.78 is 0. The molecule has 1 N–H and O–H groups in total. The van der Waals surface area contributed by atoms with Gasteiger partial charge in [0.15, 0.2) is 9.68 Å². The Morgan fingerprint density at radius 3 is 1.48 bits per heavy atom. The molecule has 0 aromatic heterocycles. The third-order valence-electron chi connectivity index (χ3n) is 4.17. The molecule has 0 aliphatic rings. The van der Waals surface area contributed by atoms with Gasteiger partial charge in [-0.05, 0) is 27.9 Å². The van der Waals surface area contributed by atoms with Gasteiger partial charge >= 0.3 is 0 Å². The van der Waals surface area contributed by atoms with Crippen molar-refractivity contribution in [1.82, 2.24) is 4.98 Å². The molecule has 4 rings (SSSR count). The Balaban J connectivity index is 0.000000169. The quantitative estimate of drug-likeness (QED) is 0.395. The van der Waals surface area contributed by atoms with E-state index in [-0.39, 0.29) is 5.91 Å². The Hall–Kier alpha value is -3.00. The van der Waals surface area contributed by atoms with E-state index in [9.17, 15) is 4.79 Å². The number of amides is 1. The van der Waals surface area contributed by atoms with Crippen LogP contribution in [-0.2, 0) is 0 Å². The number of carbonyl (C=O) groups excluding carboxylic acids is 1. The molecule has 4 aromatic rings. The first-order valence-corrected chi connectivity index (χ1v) is 12.0. The number of hydrogen-bond donors (Lipinski definition) is 1. The molecule has 0 aliphatic carbocycles. The van der Waals surface area contributed by atoms with E-state index in [0.29, 0.717) is 0 Å². The molecule has 0 saturated carbocycles. The summed E-state index contributed by atoms with van der Waals surface area (Å²) in [6.45, 7) is 0. The van der Waals surface area contributed by atoms with Gasteiger partial charge in [-0.2, -0.15) is 0 Å². The Bertz CT molecular complexity index is 943. The molecule has 0 bridgehead atoms. The van der Waals surface area contributed by atoms with E-state index in [1.54, 1.807) is 0 Å². The molecule has 0 spiro atoms. The van der Waals surface area contributed by atoms with Crippen molar-refractivity contribution in [1.29, 1.82) is 0 Å². The Morgan fingerprint density at radius 1 is 0.586 bits per heavy atom. The predicted molar refractivity (Wildman–Crippen MR) is 129 cm³/mol. The highest BCUT2D eigenvalue weighted by atomic mass is 31.1. The summed E-state index contributed by atoms with van der Waals surface area (Å²) in [5.41, 5.74) is 0.728. The van der Waals surface area contributed by atoms with Crippen LogP contribution in [0.2, 0.25) is 0 Å². The van der Waals surface area contributed by atoms with Crippen LogP contribution >= 0.6 is 8.58 Å². The number of rotatable bonds is 5. The van der Waals surface area contributed by atoms with Crippen molar-refractivity contribution in [2.24, 2.45) is 0 Å². The summed E-state index contributed by atoms with van der Waals surface area (Å²) in [5, 5.41) is 4.04. The van der Waals surface area contributed by atoms with Gasteiger partial charge in [0.2, 0.25) is 5.91 Å². The topological polar surface area (TPSA) is 29.1 Å². The van der Waals surface area contributed by atoms with Crippen LogP contribution in [0.25, 0.3) is 0 Å². The molecule has 0 aliphatic heterocycles. The van der Waals surface area contributed by atoms with Crippen molar-refractivity contribution >= 4 is 40.0 Å². The van der Waals surface area contributed by atoms with Crippen molar-refractivity contribution in [2.45, 2.75) is 0 Å². The van der Waals surface area contributed by atoms with E-state index in [1.807, 2.05) is 48.5 Å². The third-order valence-corrected chi connectivity index (χ3v) is 6.79. The highest BCUT2D eigenvalue weighted by Gasteiger charge is 2.03. The average Bonchev–Trinajstić information content (AvgIpc) is 2.80. The van der Waals surface area contributed by atoms with Gasteiger partial charge in [0, 0.05) is 5.56 Å². The fraction of sp³-hybridized carbons (Fsp3) is 0. The van der Waals surface area contributed by atoms with E-state index in [1.165, 1.54) is 15.8 Å². The molecule has 2 nitrogen and oxygen atoms in total. The van der Waals surface area contributed by atoms with Crippen LogP contribution in [0.1, 0.15) is 10.4 Å². The minimum Gasteiger partial charge on any atom is -0.379 e. The van der Waals surface area contributed by atoms with Crippen LogP contribution < -0.4 is 20.8 Å². The molecule has 0 fully saturated rings. The molecule has 4 heteroatoms. The maximum atomic E-state index is 11.7. The summed E-state index contributed by atoms with van der Waals surface area (Å²) in [4.78, 5) is 14.8. The van der Waals surface area contributed by atoms with Crippen LogP contribution in [0.4, 0.5) is 0 Å². The monoisotopic (exact) mass is 413 g/mol. The largest absolute Gasteiger partial charge is 0.379 e. The van der Waals surface area contributed by atoms with Crippen LogP contribution in [0, 0.1) is 0 Å². The summed E-state index contributed by atoms with van der Waals surface area (Å²) >= 11 is 0. The number of hydrogen-bond acceptors (Lipinski definition) is 1.